The summed E-state index contributed by atoms with van der Waals surface area (Å²) in [7, 11) is -4.17. The zero-order chi connectivity index (χ0) is 32.6. The van der Waals surface area contributed by atoms with Gasteiger partial charge in [0, 0.05) is 28.5 Å². The van der Waals surface area contributed by atoms with Gasteiger partial charge in [-0.3, -0.25) is 13.9 Å². The van der Waals surface area contributed by atoms with E-state index in [1.807, 2.05) is 75.4 Å². The minimum absolute atomic E-state index is 0.0647. The number of nitrogens with zero attached hydrogens (tertiary/aromatic N) is 2. The molecule has 7 nitrogen and oxygen atoms in total. The fourth-order valence-corrected chi connectivity index (χ4v) is 7.05. The number of carbonyl (C=O) groups excluding carboxylic acids is 2. The van der Waals surface area contributed by atoms with Gasteiger partial charge in [-0.25, -0.2) is 8.42 Å². The predicted molar refractivity (Wildman–Crippen MR) is 186 cm³/mol. The summed E-state index contributed by atoms with van der Waals surface area (Å²) in [6.45, 7) is 5.91. The molecule has 0 fully saturated rings. The summed E-state index contributed by atoms with van der Waals surface area (Å²) in [6, 6.07) is 29.5. The fourth-order valence-electron chi connectivity index (χ4n) is 4.81. The van der Waals surface area contributed by atoms with Crippen LogP contribution < -0.4 is 9.62 Å². The Morgan fingerprint density at radius 2 is 1.42 bits per heavy atom. The van der Waals surface area contributed by atoms with Crippen molar-refractivity contribution >= 4 is 59.4 Å². The van der Waals surface area contributed by atoms with Crippen LogP contribution in [0.5, 0.6) is 0 Å². The van der Waals surface area contributed by atoms with E-state index >= 15 is 0 Å². The lowest BCUT2D eigenvalue weighted by Crippen LogP contribution is -2.53. The highest BCUT2D eigenvalue weighted by Gasteiger charge is 2.34. The van der Waals surface area contributed by atoms with Crippen molar-refractivity contribution in [1.29, 1.82) is 0 Å². The summed E-state index contributed by atoms with van der Waals surface area (Å²) in [5, 5.41) is 3.01. The third kappa shape index (κ3) is 9.51. The molecule has 0 heterocycles. The van der Waals surface area contributed by atoms with Crippen molar-refractivity contribution in [3.8, 4) is 0 Å². The Bertz CT molecular complexity index is 1710. The smallest absolute Gasteiger partial charge is 0.264 e. The van der Waals surface area contributed by atoms with Crippen LogP contribution in [0.15, 0.2) is 117 Å². The van der Waals surface area contributed by atoms with Crippen LogP contribution in [0.1, 0.15) is 30.5 Å². The molecule has 1 N–H and O–H groups in total. The second-order valence-corrected chi connectivity index (χ2v) is 15.0. The molecule has 0 aromatic heterocycles. The normalized spacial score (nSPS) is 12.0. The van der Waals surface area contributed by atoms with Gasteiger partial charge in [0.2, 0.25) is 11.8 Å². The maximum atomic E-state index is 14.5. The van der Waals surface area contributed by atoms with Crippen LogP contribution in [0, 0.1) is 12.8 Å². The highest BCUT2D eigenvalue weighted by molar-refractivity contribution is 9.10. The average molecular weight is 756 g/mol. The lowest BCUT2D eigenvalue weighted by molar-refractivity contribution is -0.140. The number of hydrogen-bond acceptors (Lipinski definition) is 4. The number of benzene rings is 4. The standard InChI is InChI=1S/C35H37Br2N3O4S/c1-25(2)22-38-35(42)33(20-27-9-5-4-6-10-27)39(23-28-11-7-12-29(36)19-28)34(41)24-40(31-14-8-13-30(37)21-31)45(43,44)32-17-15-26(3)16-18-32/h4-19,21,25,33H,20,22-24H2,1-3H3,(H,38,42)/t33-/m0/s1. The molecule has 45 heavy (non-hydrogen) atoms. The first-order valence-electron chi connectivity index (χ1n) is 14.6. The van der Waals surface area contributed by atoms with Crippen molar-refractivity contribution in [2.75, 3.05) is 17.4 Å². The van der Waals surface area contributed by atoms with Gasteiger partial charge in [-0.2, -0.15) is 0 Å². The number of sulfonamides is 1. The molecule has 0 bridgehead atoms. The summed E-state index contributed by atoms with van der Waals surface area (Å²) in [5.41, 5.74) is 2.91. The van der Waals surface area contributed by atoms with Crippen LogP contribution in [0.2, 0.25) is 0 Å². The fraction of sp³-hybridized carbons (Fsp3) is 0.257. The zero-order valence-corrected chi connectivity index (χ0v) is 29.5. The van der Waals surface area contributed by atoms with Gasteiger partial charge in [0.25, 0.3) is 10.0 Å². The third-order valence-corrected chi connectivity index (χ3v) is 9.96. The van der Waals surface area contributed by atoms with Gasteiger partial charge in [0.1, 0.15) is 12.6 Å². The second kappa shape index (κ2) is 15.7. The van der Waals surface area contributed by atoms with E-state index in [1.54, 1.807) is 36.4 Å². The SMILES string of the molecule is Cc1ccc(S(=O)(=O)N(CC(=O)N(Cc2cccc(Br)c2)[C@@H](Cc2ccccc2)C(=O)NCC(C)C)c2cccc(Br)c2)cc1. The Hall–Kier alpha value is -3.47. The second-order valence-electron chi connectivity index (χ2n) is 11.3. The van der Waals surface area contributed by atoms with E-state index in [0.29, 0.717) is 16.7 Å². The first-order valence-corrected chi connectivity index (χ1v) is 17.7. The molecule has 10 heteroatoms. The van der Waals surface area contributed by atoms with E-state index in [9.17, 15) is 18.0 Å². The topological polar surface area (TPSA) is 86.8 Å². The Labute approximate surface area is 283 Å². The Morgan fingerprint density at radius 1 is 0.800 bits per heavy atom. The lowest BCUT2D eigenvalue weighted by atomic mass is 10.0. The largest absolute Gasteiger partial charge is 0.354 e. The number of nitrogens with one attached hydrogen (secondary N) is 1. The Morgan fingerprint density at radius 3 is 2.04 bits per heavy atom. The minimum atomic E-state index is -4.17. The van der Waals surface area contributed by atoms with Crippen LogP contribution in [-0.4, -0.2) is 44.3 Å². The van der Waals surface area contributed by atoms with Crippen LogP contribution in [0.25, 0.3) is 0 Å². The molecular formula is C35H37Br2N3O4S. The molecule has 0 unspecified atom stereocenters. The maximum absolute atomic E-state index is 14.5. The van der Waals surface area contributed by atoms with Crippen molar-refractivity contribution in [3.63, 3.8) is 0 Å². The molecule has 0 aliphatic rings. The van der Waals surface area contributed by atoms with Gasteiger partial charge in [0.15, 0.2) is 0 Å². The van der Waals surface area contributed by atoms with E-state index in [-0.39, 0.29) is 29.7 Å². The molecular weight excluding hydrogens is 718 g/mol. The number of amides is 2. The summed E-state index contributed by atoms with van der Waals surface area (Å²) in [4.78, 5) is 29.9. The van der Waals surface area contributed by atoms with Gasteiger partial charge < -0.3 is 10.2 Å². The molecule has 2 amide bonds. The van der Waals surface area contributed by atoms with Gasteiger partial charge in [0.05, 0.1) is 10.6 Å². The van der Waals surface area contributed by atoms with Crippen molar-refractivity contribution in [1.82, 2.24) is 10.2 Å². The minimum Gasteiger partial charge on any atom is -0.354 e. The van der Waals surface area contributed by atoms with Gasteiger partial charge >= 0.3 is 0 Å². The molecule has 4 aromatic rings. The van der Waals surface area contributed by atoms with Crippen molar-refractivity contribution in [2.24, 2.45) is 5.92 Å². The lowest BCUT2D eigenvalue weighted by Gasteiger charge is -2.34. The van der Waals surface area contributed by atoms with Crippen LogP contribution in [0.3, 0.4) is 0 Å². The monoisotopic (exact) mass is 753 g/mol. The molecule has 0 aliphatic carbocycles. The first-order chi connectivity index (χ1) is 21.4. The molecule has 1 atom stereocenters. The zero-order valence-electron chi connectivity index (χ0n) is 25.5. The van der Waals surface area contributed by atoms with E-state index < -0.39 is 28.5 Å². The Kier molecular flexibility index (Phi) is 12.0. The first kappa shape index (κ1) is 34.4. The molecule has 0 radical (unpaired) electrons. The highest BCUT2D eigenvalue weighted by Crippen LogP contribution is 2.28. The van der Waals surface area contributed by atoms with Gasteiger partial charge in [-0.05, 0) is 66.4 Å². The number of hydrogen-bond donors (Lipinski definition) is 1. The number of anilines is 1. The van der Waals surface area contributed by atoms with Gasteiger partial charge in [-0.1, -0.05) is 112 Å². The average Bonchev–Trinajstić information content (AvgIpc) is 3.01. The number of rotatable bonds is 13. The molecule has 4 rings (SSSR count). The number of carbonyl (C=O) groups is 2. The van der Waals surface area contributed by atoms with Crippen LogP contribution >= 0.6 is 31.9 Å². The van der Waals surface area contributed by atoms with E-state index in [4.69, 9.17) is 0 Å². The van der Waals surface area contributed by atoms with Crippen LogP contribution in [0.4, 0.5) is 5.69 Å². The maximum Gasteiger partial charge on any atom is 0.264 e. The van der Waals surface area contributed by atoms with E-state index in [0.717, 1.165) is 25.5 Å². The molecule has 236 valence electrons. The molecule has 0 spiro atoms. The quantitative estimate of drug-likeness (QED) is 0.158. The van der Waals surface area contributed by atoms with Crippen molar-refractivity contribution in [2.45, 2.75) is 44.7 Å². The third-order valence-electron chi connectivity index (χ3n) is 7.18. The summed E-state index contributed by atoms with van der Waals surface area (Å²) < 4.78 is 30.9. The summed E-state index contributed by atoms with van der Waals surface area (Å²) in [6.07, 6.45) is 0.256. The van der Waals surface area contributed by atoms with Crippen molar-refractivity contribution < 1.29 is 18.0 Å². The van der Waals surface area contributed by atoms with Crippen molar-refractivity contribution in [3.05, 3.63) is 129 Å². The molecule has 4 aromatic carbocycles. The van der Waals surface area contributed by atoms with E-state index in [1.165, 1.54) is 17.0 Å². The molecule has 0 saturated heterocycles. The van der Waals surface area contributed by atoms with Crippen LogP contribution in [-0.2, 0) is 32.6 Å². The molecule has 0 saturated carbocycles. The van der Waals surface area contributed by atoms with E-state index in [2.05, 4.69) is 37.2 Å². The summed E-state index contributed by atoms with van der Waals surface area (Å²) >= 11 is 6.95. The number of aryl methyl sites for hydroxylation is 1. The molecule has 0 aliphatic heterocycles. The number of halogens is 2. The predicted octanol–water partition coefficient (Wildman–Crippen LogP) is 7.13. The highest BCUT2D eigenvalue weighted by atomic mass is 79.9. The summed E-state index contributed by atoms with van der Waals surface area (Å²) in [5.74, 6) is -0.607. The van der Waals surface area contributed by atoms with Gasteiger partial charge in [-0.15, -0.1) is 0 Å². The Balaban J connectivity index is 1.80.